The number of amides is 1. The molecule has 0 saturated carbocycles. The Morgan fingerprint density at radius 1 is 1.35 bits per heavy atom. The van der Waals surface area contributed by atoms with Crippen LogP contribution in [0, 0.1) is 12.8 Å². The Morgan fingerprint density at radius 2 is 2.05 bits per heavy atom. The predicted octanol–water partition coefficient (Wildman–Crippen LogP) is 2.85. The van der Waals surface area contributed by atoms with Crippen LogP contribution in [0.25, 0.3) is 0 Å². The van der Waals surface area contributed by atoms with Gasteiger partial charge in [-0.25, -0.2) is 0 Å². The monoisotopic (exact) mass is 274 g/mol. The second-order valence-electron chi connectivity index (χ2n) is 6.25. The normalized spacial score (nSPS) is 20.0. The Hall–Kier alpha value is -1.35. The lowest BCUT2D eigenvalue weighted by Crippen LogP contribution is -2.41. The Morgan fingerprint density at radius 3 is 2.70 bits per heavy atom. The van der Waals surface area contributed by atoms with E-state index < -0.39 is 0 Å². The van der Waals surface area contributed by atoms with E-state index in [-0.39, 0.29) is 5.91 Å². The van der Waals surface area contributed by atoms with Crippen molar-refractivity contribution in [2.75, 3.05) is 19.6 Å². The fourth-order valence-electron chi connectivity index (χ4n) is 2.79. The van der Waals surface area contributed by atoms with E-state index in [4.69, 9.17) is 0 Å². The van der Waals surface area contributed by atoms with Crippen LogP contribution in [0.4, 0.5) is 0 Å². The van der Waals surface area contributed by atoms with Crippen LogP contribution < -0.4 is 5.32 Å². The first kappa shape index (κ1) is 15.0. The van der Waals surface area contributed by atoms with Gasteiger partial charge in [-0.1, -0.05) is 31.5 Å². The largest absolute Gasteiger partial charge is 0.337 e. The summed E-state index contributed by atoms with van der Waals surface area (Å²) in [5.41, 5.74) is 2.00. The topological polar surface area (TPSA) is 32.3 Å². The molecule has 110 valence electrons. The third-order valence-electron chi connectivity index (χ3n) is 3.82. The fourth-order valence-corrected chi connectivity index (χ4v) is 2.79. The average Bonchev–Trinajstić information content (AvgIpc) is 2.63. The minimum Gasteiger partial charge on any atom is -0.337 e. The highest BCUT2D eigenvalue weighted by atomic mass is 16.2. The molecule has 20 heavy (non-hydrogen) atoms. The highest BCUT2D eigenvalue weighted by Gasteiger charge is 2.22. The molecular weight excluding hydrogens is 248 g/mol. The van der Waals surface area contributed by atoms with Crippen molar-refractivity contribution in [1.82, 2.24) is 10.2 Å². The Bertz CT molecular complexity index is 439. The number of nitrogens with one attached hydrogen (secondary N) is 1. The number of aryl methyl sites for hydroxylation is 1. The molecule has 3 nitrogen and oxygen atoms in total. The van der Waals surface area contributed by atoms with Crippen molar-refractivity contribution in [1.29, 1.82) is 0 Å². The van der Waals surface area contributed by atoms with E-state index in [0.29, 0.717) is 12.0 Å². The predicted molar refractivity (Wildman–Crippen MR) is 82.9 cm³/mol. The van der Waals surface area contributed by atoms with Gasteiger partial charge in [0.25, 0.3) is 5.91 Å². The standard InChI is InChI=1S/C17H26N2O/c1-13(2)11-16-12-19(10-4-9-18-16)17(20)15-7-5-14(3)6-8-15/h5-8,13,16,18H,4,9-12H2,1-3H3. The van der Waals surface area contributed by atoms with Gasteiger partial charge in [-0.3, -0.25) is 4.79 Å². The first-order valence-electron chi connectivity index (χ1n) is 7.65. The summed E-state index contributed by atoms with van der Waals surface area (Å²) in [7, 11) is 0. The number of nitrogens with zero attached hydrogens (tertiary/aromatic N) is 1. The summed E-state index contributed by atoms with van der Waals surface area (Å²) in [5, 5.41) is 3.56. The highest BCUT2D eigenvalue weighted by molar-refractivity contribution is 5.94. The fraction of sp³-hybridized carbons (Fsp3) is 0.588. The molecule has 2 rings (SSSR count). The second-order valence-corrected chi connectivity index (χ2v) is 6.25. The van der Waals surface area contributed by atoms with Gasteiger partial charge >= 0.3 is 0 Å². The number of carbonyl (C=O) groups excluding carboxylic acids is 1. The lowest BCUT2D eigenvalue weighted by molar-refractivity contribution is 0.0749. The second kappa shape index (κ2) is 6.89. The maximum absolute atomic E-state index is 12.6. The molecule has 1 heterocycles. The molecular formula is C17H26N2O. The minimum absolute atomic E-state index is 0.169. The molecule has 1 aliphatic rings. The first-order chi connectivity index (χ1) is 9.56. The van der Waals surface area contributed by atoms with Gasteiger partial charge in [-0.05, 0) is 44.4 Å². The van der Waals surface area contributed by atoms with Gasteiger partial charge in [0.1, 0.15) is 0 Å². The summed E-state index contributed by atoms with van der Waals surface area (Å²) in [6.07, 6.45) is 2.16. The number of benzene rings is 1. The smallest absolute Gasteiger partial charge is 0.253 e. The SMILES string of the molecule is Cc1ccc(C(=O)N2CCCNC(CC(C)C)C2)cc1. The summed E-state index contributed by atoms with van der Waals surface area (Å²) in [5.74, 6) is 0.824. The third-order valence-corrected chi connectivity index (χ3v) is 3.82. The van der Waals surface area contributed by atoms with Crippen LogP contribution in [0.3, 0.4) is 0 Å². The van der Waals surface area contributed by atoms with E-state index in [1.807, 2.05) is 36.1 Å². The van der Waals surface area contributed by atoms with Gasteiger partial charge in [0.15, 0.2) is 0 Å². The van der Waals surface area contributed by atoms with E-state index in [1.54, 1.807) is 0 Å². The first-order valence-corrected chi connectivity index (χ1v) is 7.65. The van der Waals surface area contributed by atoms with Crippen LogP contribution >= 0.6 is 0 Å². The van der Waals surface area contributed by atoms with Gasteiger partial charge in [0.2, 0.25) is 0 Å². The molecule has 0 aromatic heterocycles. The highest BCUT2D eigenvalue weighted by Crippen LogP contribution is 2.13. The zero-order valence-corrected chi connectivity index (χ0v) is 12.9. The lowest BCUT2D eigenvalue weighted by Gasteiger charge is -2.25. The molecule has 0 spiro atoms. The molecule has 1 saturated heterocycles. The molecule has 3 heteroatoms. The Labute approximate surface area is 122 Å². The summed E-state index contributed by atoms with van der Waals surface area (Å²) < 4.78 is 0. The van der Waals surface area contributed by atoms with E-state index in [9.17, 15) is 4.79 Å². The average molecular weight is 274 g/mol. The summed E-state index contributed by atoms with van der Waals surface area (Å²) >= 11 is 0. The molecule has 0 aliphatic carbocycles. The summed E-state index contributed by atoms with van der Waals surface area (Å²) in [6.45, 7) is 9.20. The molecule has 1 amide bonds. The molecule has 1 aromatic carbocycles. The minimum atomic E-state index is 0.169. The number of carbonyl (C=O) groups is 1. The molecule has 1 aromatic rings. The molecule has 1 fully saturated rings. The zero-order valence-electron chi connectivity index (χ0n) is 12.9. The maximum atomic E-state index is 12.6. The third kappa shape index (κ3) is 4.07. The van der Waals surface area contributed by atoms with Gasteiger partial charge in [0.05, 0.1) is 0 Å². The van der Waals surface area contributed by atoms with Gasteiger partial charge < -0.3 is 10.2 Å². The van der Waals surface area contributed by atoms with Crippen molar-refractivity contribution >= 4 is 5.91 Å². The quantitative estimate of drug-likeness (QED) is 0.919. The molecule has 1 atom stereocenters. The van der Waals surface area contributed by atoms with Gasteiger partial charge in [0, 0.05) is 24.7 Å². The van der Waals surface area contributed by atoms with Crippen molar-refractivity contribution < 1.29 is 4.79 Å². The van der Waals surface area contributed by atoms with Crippen LogP contribution in [0.1, 0.15) is 42.6 Å². The van der Waals surface area contributed by atoms with Crippen molar-refractivity contribution in [2.45, 2.75) is 39.7 Å². The van der Waals surface area contributed by atoms with Gasteiger partial charge in [-0.15, -0.1) is 0 Å². The maximum Gasteiger partial charge on any atom is 0.253 e. The van der Waals surface area contributed by atoms with Crippen molar-refractivity contribution in [3.8, 4) is 0 Å². The van der Waals surface area contributed by atoms with Crippen molar-refractivity contribution in [2.24, 2.45) is 5.92 Å². The van der Waals surface area contributed by atoms with E-state index in [1.165, 1.54) is 5.56 Å². The number of hydrogen-bond acceptors (Lipinski definition) is 2. The van der Waals surface area contributed by atoms with E-state index >= 15 is 0 Å². The summed E-state index contributed by atoms with van der Waals surface area (Å²) in [6, 6.07) is 8.32. The Kier molecular flexibility index (Phi) is 5.18. The Balaban J connectivity index is 2.05. The van der Waals surface area contributed by atoms with E-state index in [0.717, 1.165) is 38.0 Å². The van der Waals surface area contributed by atoms with Crippen LogP contribution in [-0.4, -0.2) is 36.5 Å². The van der Waals surface area contributed by atoms with Crippen LogP contribution in [-0.2, 0) is 0 Å². The molecule has 0 radical (unpaired) electrons. The molecule has 1 N–H and O–H groups in total. The molecule has 0 bridgehead atoms. The van der Waals surface area contributed by atoms with Crippen LogP contribution in [0.15, 0.2) is 24.3 Å². The van der Waals surface area contributed by atoms with Crippen molar-refractivity contribution in [3.05, 3.63) is 35.4 Å². The lowest BCUT2D eigenvalue weighted by atomic mass is 10.0. The molecule has 1 unspecified atom stereocenters. The zero-order chi connectivity index (χ0) is 14.5. The number of rotatable bonds is 3. The van der Waals surface area contributed by atoms with Crippen LogP contribution in [0.5, 0.6) is 0 Å². The van der Waals surface area contributed by atoms with Crippen LogP contribution in [0.2, 0.25) is 0 Å². The van der Waals surface area contributed by atoms with Crippen molar-refractivity contribution in [3.63, 3.8) is 0 Å². The van der Waals surface area contributed by atoms with E-state index in [2.05, 4.69) is 19.2 Å². The molecule has 1 aliphatic heterocycles. The summed E-state index contributed by atoms with van der Waals surface area (Å²) in [4.78, 5) is 14.6. The van der Waals surface area contributed by atoms with Gasteiger partial charge in [-0.2, -0.15) is 0 Å². The number of hydrogen-bond donors (Lipinski definition) is 1.